The Labute approximate surface area is 315 Å². The van der Waals surface area contributed by atoms with Crippen LogP contribution in [0.4, 0.5) is 39.5 Å². The fourth-order valence-corrected chi connectivity index (χ4v) is 12.0. The first kappa shape index (κ1) is 41.8. The quantitative estimate of drug-likeness (QED) is 0.127. The third kappa shape index (κ3) is 6.26. The van der Waals surface area contributed by atoms with E-state index < -0.39 is 37.6 Å². The van der Waals surface area contributed by atoms with Crippen molar-refractivity contribution < 1.29 is 90.5 Å². The van der Waals surface area contributed by atoms with Crippen molar-refractivity contribution in [2.75, 3.05) is 0 Å². The maximum atomic E-state index is 13.2. The predicted octanol–water partition coefficient (Wildman–Crippen LogP) is 5.61. The first-order valence-electron chi connectivity index (χ1n) is 14.8. The molecule has 0 N–H and O–H groups in total. The maximum Gasteiger partial charge on any atom is 3.00 e. The molecule has 2 aliphatic heterocycles. The first-order valence-corrected chi connectivity index (χ1v) is 17.9. The molecule has 0 amide bonds. The van der Waals surface area contributed by atoms with Crippen molar-refractivity contribution in [2.24, 2.45) is 0 Å². The van der Waals surface area contributed by atoms with Gasteiger partial charge in [0.05, 0.1) is 8.07 Å². The van der Waals surface area contributed by atoms with E-state index in [1.54, 1.807) is 47.5 Å². The van der Waals surface area contributed by atoms with Crippen LogP contribution in [0.5, 0.6) is 0 Å². The summed E-state index contributed by atoms with van der Waals surface area (Å²) < 4.78 is 122. The number of para-hydroxylation sites is 1. The number of fused-ring (bicyclic) bond motifs is 1. The van der Waals surface area contributed by atoms with Gasteiger partial charge in [0.25, 0.3) is 5.41 Å². The van der Waals surface area contributed by atoms with Gasteiger partial charge in [0, 0.05) is 23.1 Å². The molecule has 0 saturated heterocycles. The van der Waals surface area contributed by atoms with Crippen molar-refractivity contribution in [3.05, 3.63) is 125 Å². The summed E-state index contributed by atoms with van der Waals surface area (Å²) in [5, 5.41) is 3.18. The number of benzene rings is 3. The van der Waals surface area contributed by atoms with Gasteiger partial charge in [-0.2, -0.15) is 45.6 Å². The Morgan fingerprint density at radius 2 is 1.26 bits per heavy atom. The summed E-state index contributed by atoms with van der Waals surface area (Å²) in [5.74, 6) is 0. The number of allylic oxidation sites excluding steroid dienone is 1. The predicted molar refractivity (Wildman–Crippen MR) is 168 cm³/mol. The summed E-state index contributed by atoms with van der Waals surface area (Å²) >= 11 is 0. The molecule has 3 aliphatic rings. The summed E-state index contributed by atoms with van der Waals surface area (Å²) in [5.41, 5.74) is 0.473. The molecule has 263 valence electrons. The van der Waals surface area contributed by atoms with E-state index in [1.165, 1.54) is 11.4 Å². The van der Waals surface area contributed by atoms with Crippen LogP contribution in [0.3, 0.4) is 0 Å². The van der Waals surface area contributed by atoms with Crippen LogP contribution in [-0.4, -0.2) is 31.2 Å². The number of aromatic nitrogens is 1. The average molecular weight is 837 g/mol. The van der Waals surface area contributed by atoms with Gasteiger partial charge >= 0.3 is 44.7 Å². The van der Waals surface area contributed by atoms with E-state index in [2.05, 4.69) is 67.2 Å². The fourth-order valence-electron chi connectivity index (χ4n) is 7.63. The monoisotopic (exact) mass is 834 g/mol. The van der Waals surface area contributed by atoms with Crippen molar-refractivity contribution in [1.82, 2.24) is 4.57 Å². The molecule has 0 spiro atoms. The summed E-state index contributed by atoms with van der Waals surface area (Å²) in [4.78, 5) is 0. The van der Waals surface area contributed by atoms with Gasteiger partial charge in [0.1, 0.15) is 0 Å². The number of nitrogens with zero attached hydrogens (tertiary/aromatic N) is 1. The maximum absolute atomic E-state index is 13.2. The Morgan fingerprint density at radius 3 is 1.78 bits per heavy atom. The van der Waals surface area contributed by atoms with Gasteiger partial charge < -0.3 is 29.4 Å². The standard InChI is InChI=1S/C20H12F9.C16H17NSi.2ClH.Zr/c1-11-9-13-3-2-4-15(16(13)10-11)12-5-7-14(8-6-12)17(18(21,22)23,19(24,25)26)20(27,28)29;1-11-15-13-9-10-17(12-7-5-4-6-8-12)14(13)16(11)18(15,2)3;;;/h2-10H,1H3;4-10,15H,1-3H3;2*1H;/q-1;;;;+3/p-2. The smallest absolute Gasteiger partial charge is 1.00 e. The molecule has 5 aromatic rings. The minimum Gasteiger partial charge on any atom is -1.00 e. The van der Waals surface area contributed by atoms with Gasteiger partial charge in [-0.05, 0) is 47.0 Å². The molecular weight excluding hydrogens is 808 g/mol. The number of aryl methyl sites for hydroxylation is 1. The van der Waals surface area contributed by atoms with Gasteiger partial charge in [-0.15, -0.1) is 34.5 Å². The minimum atomic E-state index is -6.63. The second-order valence-corrected chi connectivity index (χ2v) is 17.2. The zero-order valence-electron chi connectivity index (χ0n) is 26.9. The minimum absolute atomic E-state index is 0. The molecular formula is C36H29Cl2F9NSiZr. The number of halogens is 11. The van der Waals surface area contributed by atoms with E-state index in [0.717, 1.165) is 28.6 Å². The Hall–Kier alpha value is -2.66. The molecule has 8 rings (SSSR count). The van der Waals surface area contributed by atoms with Crippen molar-refractivity contribution in [2.45, 2.75) is 56.4 Å². The summed E-state index contributed by atoms with van der Waals surface area (Å²) in [6, 6.07) is 23.8. The summed E-state index contributed by atoms with van der Waals surface area (Å²) in [6.45, 7) is 9.15. The van der Waals surface area contributed by atoms with Gasteiger partial charge in [-0.25, -0.2) is 0 Å². The zero-order valence-corrected chi connectivity index (χ0v) is 31.9. The molecule has 1 nitrogen and oxygen atoms in total. The van der Waals surface area contributed by atoms with E-state index in [0.29, 0.717) is 10.9 Å². The molecule has 1 atom stereocenters. The number of hydrogen-bond donors (Lipinski definition) is 0. The Morgan fingerprint density at radius 1 is 0.700 bits per heavy atom. The van der Waals surface area contributed by atoms with E-state index >= 15 is 0 Å². The van der Waals surface area contributed by atoms with E-state index in [9.17, 15) is 39.5 Å². The molecule has 1 aromatic heterocycles. The molecule has 14 heteroatoms. The largest absolute Gasteiger partial charge is 3.00 e. The van der Waals surface area contributed by atoms with E-state index in [-0.39, 0.29) is 68.7 Å². The van der Waals surface area contributed by atoms with Gasteiger partial charge in [-0.3, -0.25) is 0 Å². The molecule has 1 aliphatic carbocycles. The molecule has 2 bridgehead atoms. The van der Waals surface area contributed by atoms with Crippen LogP contribution < -0.4 is 24.8 Å². The van der Waals surface area contributed by atoms with Crippen molar-refractivity contribution >= 4 is 24.0 Å². The van der Waals surface area contributed by atoms with Crippen LogP contribution in [0.1, 0.15) is 34.8 Å². The number of rotatable bonds is 3. The van der Waals surface area contributed by atoms with Gasteiger partial charge in [-0.1, -0.05) is 79.7 Å². The molecule has 4 aromatic carbocycles. The van der Waals surface area contributed by atoms with Crippen LogP contribution in [0.25, 0.3) is 32.8 Å². The number of hydrogen-bond acceptors (Lipinski definition) is 0. The van der Waals surface area contributed by atoms with Crippen molar-refractivity contribution in [3.8, 4) is 16.8 Å². The van der Waals surface area contributed by atoms with E-state index in [1.807, 2.05) is 6.07 Å². The summed E-state index contributed by atoms with van der Waals surface area (Å²) in [6.07, 6.45) is -17.7. The SMILES string of the molecule is CC1=C2c3c(ccn3-c3ccccc3)C1[Si]2(C)C.Cc1cc2c(-c3ccc(C(C(F)(F)F)(C(F)(F)F)C(F)(F)F)cc3)cccc2[cH-]1.[Cl-].[Cl-].[Zr+3]. The molecule has 1 radical (unpaired) electrons. The average Bonchev–Trinajstić information content (AvgIpc) is 3.68. The molecule has 0 saturated carbocycles. The van der Waals surface area contributed by atoms with Crippen LogP contribution >= 0.6 is 0 Å². The van der Waals surface area contributed by atoms with Crippen LogP contribution in [-0.2, 0) is 31.6 Å². The van der Waals surface area contributed by atoms with E-state index in [4.69, 9.17) is 0 Å². The second kappa shape index (κ2) is 14.1. The second-order valence-electron chi connectivity index (χ2n) is 12.7. The normalized spacial score (nSPS) is 16.3. The Kier molecular flexibility index (Phi) is 11.7. The zero-order chi connectivity index (χ0) is 34.3. The molecule has 1 unspecified atom stereocenters. The molecule has 50 heavy (non-hydrogen) atoms. The topological polar surface area (TPSA) is 4.93 Å². The molecule has 0 fully saturated rings. The Bertz CT molecular complexity index is 1970. The third-order valence-electron chi connectivity index (χ3n) is 9.49. The van der Waals surface area contributed by atoms with Crippen molar-refractivity contribution in [3.63, 3.8) is 0 Å². The van der Waals surface area contributed by atoms with Gasteiger partial charge in [0.15, 0.2) is 0 Å². The first-order chi connectivity index (χ1) is 21.8. The van der Waals surface area contributed by atoms with Gasteiger partial charge in [0.2, 0.25) is 0 Å². The van der Waals surface area contributed by atoms with Crippen LogP contribution in [0.2, 0.25) is 13.1 Å². The molecule has 3 heterocycles. The van der Waals surface area contributed by atoms with Crippen LogP contribution in [0.15, 0.2) is 103 Å². The number of alkyl halides is 9. The summed E-state index contributed by atoms with van der Waals surface area (Å²) in [7, 11) is -1.17. The Balaban J connectivity index is 0.000000277. The fraction of sp³-hybridized carbons (Fsp3) is 0.250. The third-order valence-corrected chi connectivity index (χ3v) is 13.6. The van der Waals surface area contributed by atoms with Crippen molar-refractivity contribution in [1.29, 1.82) is 0 Å². The van der Waals surface area contributed by atoms with Crippen LogP contribution in [0, 0.1) is 6.92 Å².